The number of nitrogens with one attached hydrogen (secondary N) is 1. The summed E-state index contributed by atoms with van der Waals surface area (Å²) in [7, 11) is 4.52. The summed E-state index contributed by atoms with van der Waals surface area (Å²) in [5.41, 5.74) is 1.62. The molecule has 1 saturated carbocycles. The van der Waals surface area contributed by atoms with Crippen LogP contribution in [0.25, 0.3) is 0 Å². The fourth-order valence-electron chi connectivity index (χ4n) is 3.50. The van der Waals surface area contributed by atoms with Gasteiger partial charge in [0.2, 0.25) is 0 Å². The molecule has 2 nitrogen and oxygen atoms in total. The molecule has 0 aromatic rings. The topological polar surface area (TPSA) is 15.3 Å². The molecule has 1 aliphatic rings. The molecule has 0 aliphatic heterocycles. The van der Waals surface area contributed by atoms with E-state index in [0.717, 1.165) is 13.0 Å². The zero-order valence-electron chi connectivity index (χ0n) is 12.9. The van der Waals surface area contributed by atoms with Crippen LogP contribution < -0.4 is 5.32 Å². The molecule has 0 heterocycles. The Morgan fingerprint density at radius 3 is 2.17 bits per heavy atom. The van der Waals surface area contributed by atoms with Gasteiger partial charge in [-0.2, -0.15) is 0 Å². The first-order valence-electron chi connectivity index (χ1n) is 7.58. The Balaban J connectivity index is 2.92. The SMILES string of the molecule is C=C(C)CC(NCC)C1(N(C)C)CCCCCC1. The van der Waals surface area contributed by atoms with Crippen molar-refractivity contribution in [3.63, 3.8) is 0 Å². The maximum atomic E-state index is 4.13. The average molecular weight is 252 g/mol. The minimum atomic E-state index is 0.325. The summed E-state index contributed by atoms with van der Waals surface area (Å²) in [6, 6.07) is 0.549. The van der Waals surface area contributed by atoms with E-state index in [-0.39, 0.29) is 0 Å². The first kappa shape index (κ1) is 15.7. The lowest BCUT2D eigenvalue weighted by molar-refractivity contribution is 0.0809. The van der Waals surface area contributed by atoms with Crippen molar-refractivity contribution >= 4 is 0 Å². The molecule has 2 heteroatoms. The summed E-state index contributed by atoms with van der Waals surface area (Å²) in [5.74, 6) is 0. The molecular weight excluding hydrogens is 220 g/mol. The Kier molecular flexibility index (Phi) is 6.37. The van der Waals surface area contributed by atoms with Crippen LogP contribution in [0.4, 0.5) is 0 Å². The van der Waals surface area contributed by atoms with Crippen LogP contribution in [0.3, 0.4) is 0 Å². The third kappa shape index (κ3) is 3.83. The van der Waals surface area contributed by atoms with Crippen molar-refractivity contribution < 1.29 is 0 Å². The van der Waals surface area contributed by atoms with Gasteiger partial charge in [-0.1, -0.05) is 38.2 Å². The molecule has 0 amide bonds. The molecule has 0 saturated heterocycles. The van der Waals surface area contributed by atoms with Gasteiger partial charge in [-0.05, 0) is 46.8 Å². The molecule has 106 valence electrons. The Bertz CT molecular complexity index is 250. The van der Waals surface area contributed by atoms with Gasteiger partial charge in [0.25, 0.3) is 0 Å². The number of likely N-dealkylation sites (N-methyl/N-ethyl adjacent to an activating group) is 2. The minimum Gasteiger partial charge on any atom is -0.312 e. The maximum Gasteiger partial charge on any atom is 0.0359 e. The van der Waals surface area contributed by atoms with Crippen molar-refractivity contribution in [3.8, 4) is 0 Å². The van der Waals surface area contributed by atoms with Crippen molar-refractivity contribution in [1.82, 2.24) is 10.2 Å². The number of nitrogens with zero attached hydrogens (tertiary/aromatic N) is 1. The van der Waals surface area contributed by atoms with Crippen molar-refractivity contribution in [2.24, 2.45) is 0 Å². The lowest BCUT2D eigenvalue weighted by atomic mass is 9.78. The van der Waals surface area contributed by atoms with Crippen LogP contribution in [0.15, 0.2) is 12.2 Å². The highest BCUT2D eigenvalue weighted by Gasteiger charge is 2.40. The van der Waals surface area contributed by atoms with E-state index in [2.05, 4.69) is 44.7 Å². The van der Waals surface area contributed by atoms with Gasteiger partial charge in [0.1, 0.15) is 0 Å². The van der Waals surface area contributed by atoms with Crippen LogP contribution in [-0.4, -0.2) is 37.1 Å². The molecule has 1 aliphatic carbocycles. The first-order valence-corrected chi connectivity index (χ1v) is 7.58. The molecular formula is C16H32N2. The summed E-state index contributed by atoms with van der Waals surface area (Å²) in [5, 5.41) is 3.73. The van der Waals surface area contributed by atoms with Crippen molar-refractivity contribution in [1.29, 1.82) is 0 Å². The van der Waals surface area contributed by atoms with Gasteiger partial charge in [-0.25, -0.2) is 0 Å². The molecule has 18 heavy (non-hydrogen) atoms. The highest BCUT2D eigenvalue weighted by Crippen LogP contribution is 2.36. The largest absolute Gasteiger partial charge is 0.312 e. The zero-order valence-corrected chi connectivity index (χ0v) is 12.9. The predicted molar refractivity (Wildman–Crippen MR) is 81.0 cm³/mol. The highest BCUT2D eigenvalue weighted by molar-refractivity contribution is 5.05. The predicted octanol–water partition coefficient (Wildman–Crippen LogP) is 3.59. The summed E-state index contributed by atoms with van der Waals surface area (Å²) < 4.78 is 0. The third-order valence-corrected chi connectivity index (χ3v) is 4.51. The molecule has 0 bridgehead atoms. The molecule has 0 aromatic heterocycles. The van der Waals surface area contributed by atoms with E-state index in [4.69, 9.17) is 0 Å². The normalized spacial score (nSPS) is 21.6. The van der Waals surface area contributed by atoms with E-state index < -0.39 is 0 Å². The van der Waals surface area contributed by atoms with Gasteiger partial charge < -0.3 is 10.2 Å². The average Bonchev–Trinajstić information content (AvgIpc) is 2.54. The maximum absolute atomic E-state index is 4.13. The molecule has 1 rings (SSSR count). The summed E-state index contributed by atoms with van der Waals surface area (Å²) in [6.45, 7) is 9.55. The van der Waals surface area contributed by atoms with E-state index in [0.29, 0.717) is 11.6 Å². The summed E-state index contributed by atoms with van der Waals surface area (Å²) >= 11 is 0. The van der Waals surface area contributed by atoms with Crippen LogP contribution in [0, 0.1) is 0 Å². The molecule has 0 radical (unpaired) electrons. The highest BCUT2D eigenvalue weighted by atomic mass is 15.2. The summed E-state index contributed by atoms with van der Waals surface area (Å²) in [4.78, 5) is 2.48. The minimum absolute atomic E-state index is 0.325. The molecule has 1 unspecified atom stereocenters. The van der Waals surface area contributed by atoms with Gasteiger partial charge >= 0.3 is 0 Å². The van der Waals surface area contributed by atoms with Crippen LogP contribution in [-0.2, 0) is 0 Å². The lowest BCUT2D eigenvalue weighted by Gasteiger charge is -2.46. The van der Waals surface area contributed by atoms with Crippen LogP contribution in [0.2, 0.25) is 0 Å². The van der Waals surface area contributed by atoms with Crippen LogP contribution in [0.1, 0.15) is 58.8 Å². The third-order valence-electron chi connectivity index (χ3n) is 4.51. The number of rotatable bonds is 6. The van der Waals surface area contributed by atoms with E-state index in [1.807, 2.05) is 0 Å². The lowest BCUT2D eigenvalue weighted by Crippen LogP contribution is -2.59. The van der Waals surface area contributed by atoms with Crippen LogP contribution >= 0.6 is 0 Å². The second-order valence-electron chi connectivity index (χ2n) is 6.18. The van der Waals surface area contributed by atoms with Crippen molar-refractivity contribution in [2.45, 2.75) is 70.4 Å². The summed E-state index contributed by atoms with van der Waals surface area (Å²) in [6.07, 6.45) is 9.30. The molecule has 1 fully saturated rings. The van der Waals surface area contributed by atoms with E-state index in [9.17, 15) is 0 Å². The Morgan fingerprint density at radius 1 is 1.22 bits per heavy atom. The fourth-order valence-corrected chi connectivity index (χ4v) is 3.50. The molecule has 1 N–H and O–H groups in total. The van der Waals surface area contributed by atoms with Gasteiger partial charge in [0.15, 0.2) is 0 Å². The first-order chi connectivity index (χ1) is 8.53. The van der Waals surface area contributed by atoms with Crippen LogP contribution in [0.5, 0.6) is 0 Å². The second kappa shape index (κ2) is 7.30. The van der Waals surface area contributed by atoms with E-state index in [1.54, 1.807) is 0 Å². The molecule has 0 spiro atoms. The van der Waals surface area contributed by atoms with Gasteiger partial charge in [-0.15, -0.1) is 6.58 Å². The van der Waals surface area contributed by atoms with Gasteiger partial charge in [0.05, 0.1) is 0 Å². The van der Waals surface area contributed by atoms with Crippen molar-refractivity contribution in [2.75, 3.05) is 20.6 Å². The van der Waals surface area contributed by atoms with Gasteiger partial charge in [0, 0.05) is 11.6 Å². The van der Waals surface area contributed by atoms with E-state index >= 15 is 0 Å². The monoisotopic (exact) mass is 252 g/mol. The number of hydrogen-bond acceptors (Lipinski definition) is 2. The standard InChI is InChI=1S/C16H32N2/c1-6-17-15(13-14(2)3)16(18(4)5)11-9-7-8-10-12-16/h15,17H,2,6-13H2,1,3-5H3. The zero-order chi connectivity index (χ0) is 13.6. The number of hydrogen-bond donors (Lipinski definition) is 1. The Labute approximate surface area is 114 Å². The smallest absolute Gasteiger partial charge is 0.0359 e. The Morgan fingerprint density at radius 2 is 1.78 bits per heavy atom. The van der Waals surface area contributed by atoms with Crippen molar-refractivity contribution in [3.05, 3.63) is 12.2 Å². The van der Waals surface area contributed by atoms with E-state index in [1.165, 1.54) is 44.1 Å². The quantitative estimate of drug-likeness (QED) is 0.574. The second-order valence-corrected chi connectivity index (χ2v) is 6.18. The molecule has 1 atom stereocenters. The fraction of sp³-hybridized carbons (Fsp3) is 0.875. The Hall–Kier alpha value is -0.340. The van der Waals surface area contributed by atoms with Gasteiger partial charge in [-0.3, -0.25) is 0 Å². The molecule has 0 aromatic carbocycles.